The van der Waals surface area contributed by atoms with E-state index < -0.39 is 5.97 Å². The Morgan fingerprint density at radius 2 is 1.96 bits per heavy atom. The molecule has 2 heterocycles. The number of aliphatic carboxylic acids is 1. The smallest absolute Gasteiger partial charge is 0.317 e. The minimum atomic E-state index is -0.779. The van der Waals surface area contributed by atoms with Crippen molar-refractivity contribution < 1.29 is 24.2 Å². The van der Waals surface area contributed by atoms with Crippen LogP contribution in [0.2, 0.25) is 0 Å². The highest BCUT2D eigenvalue weighted by molar-refractivity contribution is 5.75. The number of carboxylic acid groups (broad SMARTS) is 1. The molecule has 130 valence electrons. The van der Waals surface area contributed by atoms with Gasteiger partial charge in [-0.1, -0.05) is 12.1 Å². The standard InChI is InChI=1S/C17H22N2O5/c20-16(21)12-5-7-19(8-6-12)17(22)18-11-13-3-1-4-14-15(13)24-10-2-9-23-14/h1,3-4,12H,2,5-11H2,(H,18,22)(H,20,21). The second-order valence-corrected chi connectivity index (χ2v) is 6.05. The van der Waals surface area contributed by atoms with E-state index in [1.807, 2.05) is 18.2 Å². The number of benzene rings is 1. The third-order valence-electron chi connectivity index (χ3n) is 4.41. The molecule has 2 aliphatic rings. The van der Waals surface area contributed by atoms with Crippen LogP contribution in [0.1, 0.15) is 24.8 Å². The van der Waals surface area contributed by atoms with Crippen LogP contribution >= 0.6 is 0 Å². The molecule has 1 aromatic rings. The number of amides is 2. The number of nitrogens with one attached hydrogen (secondary N) is 1. The largest absolute Gasteiger partial charge is 0.490 e. The van der Waals surface area contributed by atoms with E-state index in [4.69, 9.17) is 14.6 Å². The van der Waals surface area contributed by atoms with Gasteiger partial charge in [0, 0.05) is 31.6 Å². The quantitative estimate of drug-likeness (QED) is 0.881. The van der Waals surface area contributed by atoms with E-state index in [1.165, 1.54) is 0 Å². The highest BCUT2D eigenvalue weighted by Gasteiger charge is 2.27. The molecule has 7 heteroatoms. The van der Waals surface area contributed by atoms with E-state index >= 15 is 0 Å². The molecule has 0 atom stereocenters. The molecule has 0 radical (unpaired) electrons. The van der Waals surface area contributed by atoms with Gasteiger partial charge in [0.2, 0.25) is 0 Å². The second-order valence-electron chi connectivity index (χ2n) is 6.05. The topological polar surface area (TPSA) is 88.1 Å². The number of carboxylic acids is 1. The maximum absolute atomic E-state index is 12.3. The summed E-state index contributed by atoms with van der Waals surface area (Å²) in [4.78, 5) is 24.9. The van der Waals surface area contributed by atoms with Crippen LogP contribution in [0.25, 0.3) is 0 Å². The summed E-state index contributed by atoms with van der Waals surface area (Å²) in [6.07, 6.45) is 1.83. The molecule has 0 unspecified atom stereocenters. The molecule has 0 spiro atoms. The molecule has 0 aliphatic carbocycles. The number of para-hydroxylation sites is 1. The molecule has 1 saturated heterocycles. The SMILES string of the molecule is O=C(O)C1CCN(C(=O)NCc2cccc3c2OCCCO3)CC1. The van der Waals surface area contributed by atoms with Crippen molar-refractivity contribution in [2.24, 2.45) is 5.92 Å². The highest BCUT2D eigenvalue weighted by atomic mass is 16.5. The molecule has 0 aromatic heterocycles. The van der Waals surface area contributed by atoms with Crippen LogP contribution in [0, 0.1) is 5.92 Å². The number of carbonyl (C=O) groups is 2. The fraction of sp³-hybridized carbons (Fsp3) is 0.529. The number of likely N-dealkylation sites (tertiary alicyclic amines) is 1. The van der Waals surface area contributed by atoms with Gasteiger partial charge in [-0.2, -0.15) is 0 Å². The summed E-state index contributed by atoms with van der Waals surface area (Å²) in [5.74, 6) is 0.282. The first-order chi connectivity index (χ1) is 11.6. The number of hydrogen-bond acceptors (Lipinski definition) is 4. The van der Waals surface area contributed by atoms with Crippen LogP contribution in [0.5, 0.6) is 11.5 Å². The summed E-state index contributed by atoms with van der Waals surface area (Å²) in [7, 11) is 0. The predicted octanol–water partition coefficient (Wildman–Crippen LogP) is 1.85. The van der Waals surface area contributed by atoms with Gasteiger partial charge < -0.3 is 24.8 Å². The Balaban J connectivity index is 1.56. The molecular weight excluding hydrogens is 312 g/mol. The minimum Gasteiger partial charge on any atom is -0.490 e. The first kappa shape index (κ1) is 16.4. The molecule has 0 saturated carbocycles. The van der Waals surface area contributed by atoms with Crippen molar-refractivity contribution in [1.29, 1.82) is 0 Å². The van der Waals surface area contributed by atoms with Gasteiger partial charge in [-0.3, -0.25) is 4.79 Å². The summed E-state index contributed by atoms with van der Waals surface area (Å²) in [5.41, 5.74) is 0.878. The highest BCUT2D eigenvalue weighted by Crippen LogP contribution is 2.33. The molecular formula is C17H22N2O5. The fourth-order valence-corrected chi connectivity index (χ4v) is 3.01. The Morgan fingerprint density at radius 3 is 2.71 bits per heavy atom. The molecule has 7 nitrogen and oxygen atoms in total. The Hall–Kier alpha value is -2.44. The lowest BCUT2D eigenvalue weighted by Gasteiger charge is -2.30. The normalized spacial score (nSPS) is 17.9. The zero-order valence-electron chi connectivity index (χ0n) is 13.5. The van der Waals surface area contributed by atoms with Crippen LogP contribution in [0.4, 0.5) is 4.79 Å². The average Bonchev–Trinajstić information content (AvgIpc) is 2.85. The van der Waals surface area contributed by atoms with Gasteiger partial charge in [0.25, 0.3) is 0 Å². The van der Waals surface area contributed by atoms with Crippen LogP contribution < -0.4 is 14.8 Å². The first-order valence-electron chi connectivity index (χ1n) is 8.28. The summed E-state index contributed by atoms with van der Waals surface area (Å²) in [6.45, 7) is 2.51. The number of fused-ring (bicyclic) bond motifs is 1. The number of hydrogen-bond donors (Lipinski definition) is 2. The Morgan fingerprint density at radius 1 is 1.21 bits per heavy atom. The predicted molar refractivity (Wildman–Crippen MR) is 86.2 cm³/mol. The number of nitrogens with zero attached hydrogens (tertiary/aromatic N) is 1. The van der Waals surface area contributed by atoms with E-state index in [2.05, 4.69) is 5.32 Å². The number of rotatable bonds is 3. The van der Waals surface area contributed by atoms with Gasteiger partial charge >= 0.3 is 12.0 Å². The molecule has 0 bridgehead atoms. The van der Waals surface area contributed by atoms with Gasteiger partial charge in [-0.25, -0.2) is 4.79 Å². The van der Waals surface area contributed by atoms with E-state index in [0.717, 1.165) is 12.0 Å². The van der Waals surface area contributed by atoms with Gasteiger partial charge in [0.15, 0.2) is 11.5 Å². The van der Waals surface area contributed by atoms with Crippen molar-refractivity contribution in [2.45, 2.75) is 25.8 Å². The fourth-order valence-electron chi connectivity index (χ4n) is 3.01. The lowest BCUT2D eigenvalue weighted by molar-refractivity contribution is -0.143. The monoisotopic (exact) mass is 334 g/mol. The number of piperidine rings is 1. The third-order valence-corrected chi connectivity index (χ3v) is 4.41. The Bertz CT molecular complexity index is 611. The van der Waals surface area contributed by atoms with Gasteiger partial charge in [-0.05, 0) is 18.9 Å². The van der Waals surface area contributed by atoms with Crippen molar-refractivity contribution in [1.82, 2.24) is 10.2 Å². The average molecular weight is 334 g/mol. The lowest BCUT2D eigenvalue weighted by atomic mass is 9.97. The van der Waals surface area contributed by atoms with Gasteiger partial charge in [0.05, 0.1) is 19.1 Å². The second kappa shape index (κ2) is 7.42. The van der Waals surface area contributed by atoms with E-state index in [0.29, 0.717) is 57.2 Å². The lowest BCUT2D eigenvalue weighted by Crippen LogP contribution is -2.45. The van der Waals surface area contributed by atoms with Gasteiger partial charge in [0.1, 0.15) is 0 Å². The maximum atomic E-state index is 12.3. The maximum Gasteiger partial charge on any atom is 0.317 e. The summed E-state index contributed by atoms with van der Waals surface area (Å²) in [6, 6.07) is 5.48. The molecule has 2 aliphatic heterocycles. The van der Waals surface area contributed by atoms with Crippen LogP contribution in [0.15, 0.2) is 18.2 Å². The molecule has 24 heavy (non-hydrogen) atoms. The number of urea groups is 1. The first-order valence-corrected chi connectivity index (χ1v) is 8.28. The zero-order valence-corrected chi connectivity index (χ0v) is 13.5. The van der Waals surface area contributed by atoms with Crippen molar-refractivity contribution >= 4 is 12.0 Å². The third kappa shape index (κ3) is 3.72. The number of carbonyl (C=O) groups excluding carboxylic acids is 1. The molecule has 1 aromatic carbocycles. The summed E-state index contributed by atoms with van der Waals surface area (Å²) < 4.78 is 11.4. The van der Waals surface area contributed by atoms with E-state index in [1.54, 1.807) is 4.90 Å². The van der Waals surface area contributed by atoms with E-state index in [9.17, 15) is 9.59 Å². The minimum absolute atomic E-state index is 0.175. The van der Waals surface area contributed by atoms with Crippen molar-refractivity contribution in [3.8, 4) is 11.5 Å². The number of ether oxygens (including phenoxy) is 2. The molecule has 2 amide bonds. The van der Waals surface area contributed by atoms with E-state index in [-0.39, 0.29) is 11.9 Å². The van der Waals surface area contributed by atoms with Crippen molar-refractivity contribution in [3.05, 3.63) is 23.8 Å². The van der Waals surface area contributed by atoms with Crippen LogP contribution in [-0.2, 0) is 11.3 Å². The van der Waals surface area contributed by atoms with Gasteiger partial charge in [-0.15, -0.1) is 0 Å². The van der Waals surface area contributed by atoms with Crippen LogP contribution in [0.3, 0.4) is 0 Å². The summed E-state index contributed by atoms with van der Waals surface area (Å²) in [5, 5.41) is 11.9. The zero-order chi connectivity index (χ0) is 16.9. The Kier molecular flexibility index (Phi) is 5.08. The van der Waals surface area contributed by atoms with Crippen molar-refractivity contribution in [2.75, 3.05) is 26.3 Å². The van der Waals surface area contributed by atoms with Crippen molar-refractivity contribution in [3.63, 3.8) is 0 Å². The molecule has 1 fully saturated rings. The Labute approximate surface area is 140 Å². The van der Waals surface area contributed by atoms with Crippen LogP contribution in [-0.4, -0.2) is 48.3 Å². The molecule has 2 N–H and O–H groups in total. The molecule has 3 rings (SSSR count). The summed E-state index contributed by atoms with van der Waals surface area (Å²) >= 11 is 0.